The first kappa shape index (κ1) is 13.8. The smallest absolute Gasteiger partial charge is 0.0626 e. The highest BCUT2D eigenvalue weighted by Gasteiger charge is 2.25. The molecule has 2 nitrogen and oxygen atoms in total. The molecular formula is C17H18BrNO. The van der Waals surface area contributed by atoms with Gasteiger partial charge in [0, 0.05) is 10.5 Å². The highest BCUT2D eigenvalue weighted by molar-refractivity contribution is 9.10. The van der Waals surface area contributed by atoms with E-state index >= 15 is 0 Å². The Morgan fingerprint density at radius 1 is 1.20 bits per heavy atom. The zero-order valence-electron chi connectivity index (χ0n) is 11.2. The van der Waals surface area contributed by atoms with Gasteiger partial charge < -0.3 is 10.4 Å². The van der Waals surface area contributed by atoms with E-state index in [9.17, 15) is 5.11 Å². The van der Waals surface area contributed by atoms with E-state index in [-0.39, 0.29) is 12.6 Å². The molecule has 0 heterocycles. The van der Waals surface area contributed by atoms with Crippen LogP contribution in [0.5, 0.6) is 0 Å². The third-order valence-electron chi connectivity index (χ3n) is 3.97. The van der Waals surface area contributed by atoms with Gasteiger partial charge in [-0.2, -0.15) is 0 Å². The van der Waals surface area contributed by atoms with Gasteiger partial charge in [0.2, 0.25) is 0 Å². The fourth-order valence-electron chi connectivity index (χ4n) is 2.94. The van der Waals surface area contributed by atoms with E-state index < -0.39 is 0 Å². The molecule has 104 valence electrons. The number of hydrogen-bond acceptors (Lipinski definition) is 2. The van der Waals surface area contributed by atoms with Crippen molar-refractivity contribution in [3.8, 4) is 0 Å². The van der Waals surface area contributed by atoms with Crippen LogP contribution in [0.1, 0.15) is 35.2 Å². The molecule has 1 aliphatic rings. The van der Waals surface area contributed by atoms with Crippen LogP contribution in [0.15, 0.2) is 53.0 Å². The Bertz CT molecular complexity index is 585. The molecule has 1 aliphatic carbocycles. The molecule has 2 aromatic rings. The maximum absolute atomic E-state index is 9.66. The summed E-state index contributed by atoms with van der Waals surface area (Å²) in [6.45, 7) is 0.117. The van der Waals surface area contributed by atoms with Crippen molar-refractivity contribution >= 4 is 15.9 Å². The average Bonchev–Trinajstić information content (AvgIpc) is 2.87. The third kappa shape index (κ3) is 2.80. The molecule has 0 fully saturated rings. The molecule has 0 saturated carbocycles. The van der Waals surface area contributed by atoms with Crippen molar-refractivity contribution in [3.05, 3.63) is 69.7 Å². The van der Waals surface area contributed by atoms with Gasteiger partial charge >= 0.3 is 0 Å². The summed E-state index contributed by atoms with van der Waals surface area (Å²) in [7, 11) is 0. The number of fused-ring (bicyclic) bond motifs is 1. The maximum Gasteiger partial charge on any atom is 0.0626 e. The molecule has 0 saturated heterocycles. The molecule has 0 radical (unpaired) electrons. The molecule has 0 aliphatic heterocycles. The van der Waals surface area contributed by atoms with Crippen molar-refractivity contribution < 1.29 is 5.11 Å². The number of halogens is 1. The highest BCUT2D eigenvalue weighted by atomic mass is 79.9. The fraction of sp³-hybridized carbons (Fsp3) is 0.294. The zero-order valence-corrected chi connectivity index (χ0v) is 12.8. The van der Waals surface area contributed by atoms with Gasteiger partial charge in [0.25, 0.3) is 0 Å². The van der Waals surface area contributed by atoms with Gasteiger partial charge in [-0.25, -0.2) is 0 Å². The molecule has 0 spiro atoms. The predicted octanol–water partition coefficient (Wildman–Crippen LogP) is 3.76. The molecule has 0 amide bonds. The quantitative estimate of drug-likeness (QED) is 0.894. The van der Waals surface area contributed by atoms with Crippen LogP contribution in [-0.2, 0) is 6.42 Å². The largest absolute Gasteiger partial charge is 0.394 e. The number of rotatable bonds is 4. The molecule has 2 N–H and O–H groups in total. The lowest BCUT2D eigenvalue weighted by Gasteiger charge is -2.22. The zero-order chi connectivity index (χ0) is 13.9. The van der Waals surface area contributed by atoms with E-state index in [2.05, 4.69) is 51.6 Å². The summed E-state index contributed by atoms with van der Waals surface area (Å²) in [5.41, 5.74) is 3.91. The van der Waals surface area contributed by atoms with Crippen LogP contribution in [-0.4, -0.2) is 11.7 Å². The summed E-state index contributed by atoms with van der Waals surface area (Å²) in [5.74, 6) is 0. The molecular weight excluding hydrogens is 314 g/mol. The van der Waals surface area contributed by atoms with Crippen LogP contribution in [0.4, 0.5) is 0 Å². The lowest BCUT2D eigenvalue weighted by Crippen LogP contribution is -2.27. The van der Waals surface area contributed by atoms with Gasteiger partial charge in [-0.05, 0) is 41.7 Å². The molecule has 1 unspecified atom stereocenters. The van der Waals surface area contributed by atoms with Crippen LogP contribution in [0.2, 0.25) is 0 Å². The summed E-state index contributed by atoms with van der Waals surface area (Å²) < 4.78 is 1.14. The van der Waals surface area contributed by atoms with Crippen molar-refractivity contribution in [1.82, 2.24) is 5.32 Å². The summed E-state index contributed by atoms with van der Waals surface area (Å²) >= 11 is 3.53. The summed E-state index contributed by atoms with van der Waals surface area (Å²) in [4.78, 5) is 0. The van der Waals surface area contributed by atoms with Gasteiger partial charge in [0.15, 0.2) is 0 Å². The van der Waals surface area contributed by atoms with E-state index in [4.69, 9.17) is 0 Å². The second-order valence-electron chi connectivity index (χ2n) is 5.25. The lowest BCUT2D eigenvalue weighted by molar-refractivity contribution is 0.233. The van der Waals surface area contributed by atoms with Crippen LogP contribution in [0.25, 0.3) is 0 Å². The van der Waals surface area contributed by atoms with Crippen molar-refractivity contribution in [2.75, 3.05) is 6.61 Å². The first-order chi connectivity index (χ1) is 9.78. The Labute approximate surface area is 128 Å². The topological polar surface area (TPSA) is 32.3 Å². The molecule has 2 aromatic carbocycles. The molecule has 20 heavy (non-hydrogen) atoms. The Hall–Kier alpha value is -1.16. The minimum atomic E-state index is -0.00389. The molecule has 0 bridgehead atoms. The van der Waals surface area contributed by atoms with E-state index in [0.29, 0.717) is 6.04 Å². The number of benzene rings is 2. The Morgan fingerprint density at radius 3 is 2.75 bits per heavy atom. The first-order valence-electron chi connectivity index (χ1n) is 6.98. The Morgan fingerprint density at radius 2 is 2.00 bits per heavy atom. The molecule has 3 heteroatoms. The molecule has 0 aromatic heterocycles. The van der Waals surface area contributed by atoms with E-state index in [0.717, 1.165) is 22.9 Å². The molecule has 3 rings (SSSR count). The van der Waals surface area contributed by atoms with Crippen LogP contribution >= 0.6 is 15.9 Å². The monoisotopic (exact) mass is 331 g/mol. The second-order valence-corrected chi connectivity index (χ2v) is 6.16. The van der Waals surface area contributed by atoms with Gasteiger partial charge in [0.1, 0.15) is 0 Å². The standard InChI is InChI=1S/C17H18BrNO/c18-14-7-8-15-13(10-14)6-9-16(15)19-17(11-20)12-4-2-1-3-5-12/h1-5,7-8,10,16-17,19-20H,6,9,11H2/t16?,17-/m0/s1. The van der Waals surface area contributed by atoms with Gasteiger partial charge in [-0.1, -0.05) is 52.3 Å². The summed E-state index contributed by atoms with van der Waals surface area (Å²) in [6.07, 6.45) is 2.19. The first-order valence-corrected chi connectivity index (χ1v) is 7.77. The number of hydrogen-bond donors (Lipinski definition) is 2. The number of aliphatic hydroxyl groups excluding tert-OH is 1. The van der Waals surface area contributed by atoms with Gasteiger partial charge in [0.05, 0.1) is 12.6 Å². The summed E-state index contributed by atoms with van der Waals surface area (Å²) in [6, 6.07) is 17.0. The maximum atomic E-state index is 9.66. The van der Waals surface area contributed by atoms with E-state index in [1.54, 1.807) is 0 Å². The van der Waals surface area contributed by atoms with Crippen molar-refractivity contribution in [2.24, 2.45) is 0 Å². The number of aliphatic hydroxyl groups is 1. The Kier molecular flexibility index (Phi) is 4.20. The minimum absolute atomic E-state index is 0.00389. The lowest BCUT2D eigenvalue weighted by atomic mass is 10.0. The van der Waals surface area contributed by atoms with Crippen LogP contribution in [0, 0.1) is 0 Å². The Balaban J connectivity index is 1.79. The third-order valence-corrected chi connectivity index (χ3v) is 4.46. The van der Waals surface area contributed by atoms with Crippen molar-refractivity contribution in [1.29, 1.82) is 0 Å². The van der Waals surface area contributed by atoms with Crippen molar-refractivity contribution in [3.63, 3.8) is 0 Å². The van der Waals surface area contributed by atoms with Gasteiger partial charge in [-0.15, -0.1) is 0 Å². The SMILES string of the molecule is OC[C@H](NC1CCc2cc(Br)ccc21)c1ccccc1. The predicted molar refractivity (Wildman–Crippen MR) is 84.6 cm³/mol. The minimum Gasteiger partial charge on any atom is -0.394 e. The van der Waals surface area contributed by atoms with Crippen LogP contribution in [0.3, 0.4) is 0 Å². The highest BCUT2D eigenvalue weighted by Crippen LogP contribution is 2.34. The van der Waals surface area contributed by atoms with Crippen LogP contribution < -0.4 is 5.32 Å². The molecule has 2 atom stereocenters. The average molecular weight is 332 g/mol. The normalized spacial score (nSPS) is 18.8. The van der Waals surface area contributed by atoms with E-state index in [1.807, 2.05) is 18.2 Å². The fourth-order valence-corrected chi connectivity index (χ4v) is 3.35. The van der Waals surface area contributed by atoms with Crippen molar-refractivity contribution in [2.45, 2.75) is 24.9 Å². The van der Waals surface area contributed by atoms with Gasteiger partial charge in [-0.3, -0.25) is 0 Å². The number of nitrogens with one attached hydrogen (secondary N) is 1. The second kappa shape index (κ2) is 6.08. The summed E-state index contributed by atoms with van der Waals surface area (Å²) in [5, 5.41) is 13.3. The van der Waals surface area contributed by atoms with E-state index in [1.165, 1.54) is 11.1 Å². The number of aryl methyl sites for hydroxylation is 1.